The number of rotatable bonds is 5. The van der Waals surface area contributed by atoms with E-state index in [2.05, 4.69) is 72.1 Å². The molecular formula is C16H14Br3F. The second-order valence-electron chi connectivity index (χ2n) is 4.79. The fourth-order valence-electron chi connectivity index (χ4n) is 2.15. The topological polar surface area (TPSA) is 0 Å². The molecule has 0 heterocycles. The summed E-state index contributed by atoms with van der Waals surface area (Å²) in [5, 5.41) is 0.895. The van der Waals surface area contributed by atoms with E-state index in [9.17, 15) is 4.39 Å². The van der Waals surface area contributed by atoms with Crippen LogP contribution < -0.4 is 0 Å². The third-order valence-electron chi connectivity index (χ3n) is 3.17. The van der Waals surface area contributed by atoms with Crippen LogP contribution in [-0.4, -0.2) is 5.33 Å². The van der Waals surface area contributed by atoms with E-state index in [0.717, 1.165) is 32.7 Å². The summed E-state index contributed by atoms with van der Waals surface area (Å²) in [6, 6.07) is 13.2. The normalized spacial score (nSPS) is 12.4. The highest BCUT2D eigenvalue weighted by Crippen LogP contribution is 2.24. The van der Waals surface area contributed by atoms with Gasteiger partial charge in [0, 0.05) is 14.3 Å². The minimum Gasteiger partial charge on any atom is -0.207 e. The summed E-state index contributed by atoms with van der Waals surface area (Å²) >= 11 is 10.5. The van der Waals surface area contributed by atoms with Gasteiger partial charge in [0.1, 0.15) is 5.82 Å². The Morgan fingerprint density at radius 2 is 1.65 bits per heavy atom. The predicted octanol–water partition coefficient (Wildman–Crippen LogP) is 6.15. The molecule has 0 radical (unpaired) electrons. The highest BCUT2D eigenvalue weighted by Gasteiger charge is 2.12. The molecule has 0 nitrogen and oxygen atoms in total. The van der Waals surface area contributed by atoms with Gasteiger partial charge in [0.05, 0.1) is 0 Å². The average Bonchev–Trinajstić information content (AvgIpc) is 2.44. The Kier molecular flexibility index (Phi) is 6.24. The second-order valence-corrected chi connectivity index (χ2v) is 7.21. The quantitative estimate of drug-likeness (QED) is 0.466. The molecule has 1 atom stereocenters. The number of hydrogen-bond acceptors (Lipinski definition) is 0. The third-order valence-corrected chi connectivity index (χ3v) is 5.39. The zero-order valence-electron chi connectivity index (χ0n) is 10.8. The van der Waals surface area contributed by atoms with Crippen LogP contribution in [0.25, 0.3) is 0 Å². The van der Waals surface area contributed by atoms with Gasteiger partial charge in [-0.3, -0.25) is 0 Å². The molecule has 4 heteroatoms. The largest absolute Gasteiger partial charge is 0.207 e. The van der Waals surface area contributed by atoms with Crippen LogP contribution in [0.2, 0.25) is 0 Å². The van der Waals surface area contributed by atoms with Crippen LogP contribution in [0.4, 0.5) is 4.39 Å². The Bertz CT molecular complexity index is 566. The first-order valence-corrected chi connectivity index (χ1v) is 9.03. The van der Waals surface area contributed by atoms with Crippen molar-refractivity contribution < 1.29 is 4.39 Å². The predicted molar refractivity (Wildman–Crippen MR) is 92.9 cm³/mol. The van der Waals surface area contributed by atoms with Crippen LogP contribution in [0.1, 0.15) is 11.1 Å². The summed E-state index contributed by atoms with van der Waals surface area (Å²) < 4.78 is 15.4. The lowest BCUT2D eigenvalue weighted by molar-refractivity contribution is 0.581. The van der Waals surface area contributed by atoms with Gasteiger partial charge in [-0.05, 0) is 60.2 Å². The van der Waals surface area contributed by atoms with E-state index in [4.69, 9.17) is 0 Å². The van der Waals surface area contributed by atoms with Gasteiger partial charge in [-0.2, -0.15) is 0 Å². The van der Waals surface area contributed by atoms with E-state index >= 15 is 0 Å². The Morgan fingerprint density at radius 1 is 0.950 bits per heavy atom. The van der Waals surface area contributed by atoms with Crippen LogP contribution in [0.15, 0.2) is 51.4 Å². The van der Waals surface area contributed by atoms with Crippen molar-refractivity contribution in [3.05, 3.63) is 68.4 Å². The third kappa shape index (κ3) is 4.68. The molecule has 0 amide bonds. The zero-order chi connectivity index (χ0) is 14.5. The summed E-state index contributed by atoms with van der Waals surface area (Å²) in [7, 11) is 0. The molecule has 0 saturated carbocycles. The summed E-state index contributed by atoms with van der Waals surface area (Å²) in [5.41, 5.74) is 2.32. The molecule has 0 fully saturated rings. The molecule has 2 rings (SSSR count). The first kappa shape index (κ1) is 16.2. The molecule has 1 unspecified atom stereocenters. The number of halogens is 4. The molecule has 106 valence electrons. The SMILES string of the molecule is Fc1ccc(Br)c(CC(CBr)Cc2ccc(Br)cc2)c1. The lowest BCUT2D eigenvalue weighted by atomic mass is 9.94. The van der Waals surface area contributed by atoms with Crippen LogP contribution in [0.5, 0.6) is 0 Å². The van der Waals surface area contributed by atoms with Crippen molar-refractivity contribution in [2.75, 3.05) is 5.33 Å². The second kappa shape index (κ2) is 7.71. The zero-order valence-corrected chi connectivity index (χ0v) is 15.5. The highest BCUT2D eigenvalue weighted by atomic mass is 79.9. The lowest BCUT2D eigenvalue weighted by Gasteiger charge is -2.15. The Labute approximate surface area is 144 Å². The molecule has 2 aromatic carbocycles. The van der Waals surface area contributed by atoms with Crippen molar-refractivity contribution in [3.63, 3.8) is 0 Å². The van der Waals surface area contributed by atoms with Gasteiger partial charge in [0.15, 0.2) is 0 Å². The smallest absolute Gasteiger partial charge is 0.123 e. The summed E-state index contributed by atoms with van der Waals surface area (Å²) in [6.45, 7) is 0. The van der Waals surface area contributed by atoms with E-state index in [1.165, 1.54) is 11.6 Å². The number of alkyl halides is 1. The molecule has 0 saturated heterocycles. The Morgan fingerprint density at radius 3 is 2.30 bits per heavy atom. The molecule has 0 aromatic heterocycles. The van der Waals surface area contributed by atoms with Crippen molar-refractivity contribution in [3.8, 4) is 0 Å². The highest BCUT2D eigenvalue weighted by molar-refractivity contribution is 9.10. The van der Waals surface area contributed by atoms with Crippen LogP contribution >= 0.6 is 47.8 Å². The summed E-state index contributed by atoms with van der Waals surface area (Å²) in [6.07, 6.45) is 1.82. The van der Waals surface area contributed by atoms with Crippen molar-refractivity contribution >= 4 is 47.8 Å². The van der Waals surface area contributed by atoms with Crippen molar-refractivity contribution in [2.45, 2.75) is 12.8 Å². The molecule has 2 aromatic rings. The molecule has 0 aliphatic carbocycles. The van der Waals surface area contributed by atoms with Gasteiger partial charge >= 0.3 is 0 Å². The van der Waals surface area contributed by atoms with Crippen LogP contribution in [0, 0.1) is 11.7 Å². The molecule has 0 N–H and O–H groups in total. The van der Waals surface area contributed by atoms with E-state index < -0.39 is 0 Å². The summed E-state index contributed by atoms with van der Waals surface area (Å²) in [4.78, 5) is 0. The fraction of sp³-hybridized carbons (Fsp3) is 0.250. The molecule has 0 aliphatic rings. The lowest BCUT2D eigenvalue weighted by Crippen LogP contribution is -2.10. The molecule has 0 bridgehead atoms. The van der Waals surface area contributed by atoms with E-state index in [-0.39, 0.29) is 5.82 Å². The minimum absolute atomic E-state index is 0.180. The molecule has 0 aliphatic heterocycles. The van der Waals surface area contributed by atoms with E-state index in [1.54, 1.807) is 12.1 Å². The molecule has 0 spiro atoms. The molecular weight excluding hydrogens is 451 g/mol. The number of hydrogen-bond donors (Lipinski definition) is 0. The van der Waals surface area contributed by atoms with E-state index in [1.807, 2.05) is 0 Å². The van der Waals surface area contributed by atoms with Crippen molar-refractivity contribution in [1.82, 2.24) is 0 Å². The van der Waals surface area contributed by atoms with Crippen LogP contribution in [0.3, 0.4) is 0 Å². The van der Waals surface area contributed by atoms with Crippen molar-refractivity contribution in [2.24, 2.45) is 5.92 Å². The maximum atomic E-state index is 13.3. The van der Waals surface area contributed by atoms with E-state index in [0.29, 0.717) is 5.92 Å². The van der Waals surface area contributed by atoms with Gasteiger partial charge in [0.2, 0.25) is 0 Å². The number of benzene rings is 2. The standard InChI is InChI=1S/C16H14Br3F/c17-10-12(7-11-1-3-14(18)4-2-11)8-13-9-15(20)5-6-16(13)19/h1-6,9,12H,7-8,10H2. The van der Waals surface area contributed by atoms with Gasteiger partial charge in [-0.1, -0.05) is 59.9 Å². The van der Waals surface area contributed by atoms with Gasteiger partial charge in [-0.15, -0.1) is 0 Å². The fourth-order valence-corrected chi connectivity index (χ4v) is 3.28. The maximum Gasteiger partial charge on any atom is 0.123 e. The van der Waals surface area contributed by atoms with Gasteiger partial charge in [0.25, 0.3) is 0 Å². The van der Waals surface area contributed by atoms with Gasteiger partial charge < -0.3 is 0 Å². The average molecular weight is 465 g/mol. The Hall–Kier alpha value is -0.190. The van der Waals surface area contributed by atoms with Crippen molar-refractivity contribution in [1.29, 1.82) is 0 Å². The Balaban J connectivity index is 2.08. The molecule has 20 heavy (non-hydrogen) atoms. The minimum atomic E-state index is -0.180. The first-order chi connectivity index (χ1) is 9.58. The maximum absolute atomic E-state index is 13.3. The summed E-state index contributed by atoms with van der Waals surface area (Å²) in [5.74, 6) is 0.259. The first-order valence-electron chi connectivity index (χ1n) is 6.33. The van der Waals surface area contributed by atoms with Gasteiger partial charge in [-0.25, -0.2) is 4.39 Å². The van der Waals surface area contributed by atoms with Crippen LogP contribution in [-0.2, 0) is 12.8 Å². The monoisotopic (exact) mass is 462 g/mol.